The van der Waals surface area contributed by atoms with E-state index in [1.165, 1.54) is 18.2 Å². The second-order valence-electron chi connectivity index (χ2n) is 6.19. The van der Waals surface area contributed by atoms with Crippen molar-refractivity contribution in [3.05, 3.63) is 82.7 Å². The fourth-order valence-corrected chi connectivity index (χ4v) is 3.02. The molecule has 0 unspecified atom stereocenters. The van der Waals surface area contributed by atoms with Crippen molar-refractivity contribution in [3.63, 3.8) is 0 Å². The average molecular weight is 409 g/mol. The Morgan fingerprint density at radius 2 is 1.83 bits per heavy atom. The molecule has 0 aliphatic carbocycles. The Kier molecular flexibility index (Phi) is 4.66. The van der Waals surface area contributed by atoms with E-state index in [-0.39, 0.29) is 11.3 Å². The second-order valence-corrected chi connectivity index (χ2v) is 6.63. The lowest BCUT2D eigenvalue weighted by molar-refractivity contribution is -0.113. The number of furan rings is 1. The molecule has 1 aliphatic rings. The van der Waals surface area contributed by atoms with Gasteiger partial charge in [-0.3, -0.25) is 4.79 Å². The highest BCUT2D eigenvalue weighted by Crippen LogP contribution is 2.27. The molecule has 0 atom stereocenters. The monoisotopic (exact) mass is 408 g/mol. The van der Waals surface area contributed by atoms with E-state index < -0.39 is 17.9 Å². The van der Waals surface area contributed by atoms with Crippen LogP contribution >= 0.6 is 11.6 Å². The van der Waals surface area contributed by atoms with Gasteiger partial charge in [-0.25, -0.2) is 14.5 Å². The van der Waals surface area contributed by atoms with Crippen molar-refractivity contribution < 1.29 is 23.9 Å². The molecule has 3 aromatic rings. The molecule has 0 bridgehead atoms. The second kappa shape index (κ2) is 7.29. The molecule has 7 nitrogen and oxygen atoms in total. The van der Waals surface area contributed by atoms with E-state index in [0.29, 0.717) is 27.8 Å². The molecule has 1 saturated heterocycles. The predicted octanol–water partition coefficient (Wildman–Crippen LogP) is 4.40. The van der Waals surface area contributed by atoms with Crippen LogP contribution in [0, 0.1) is 0 Å². The highest BCUT2D eigenvalue weighted by molar-refractivity contribution is 6.31. The van der Waals surface area contributed by atoms with Gasteiger partial charge >= 0.3 is 12.0 Å². The number of anilines is 1. The van der Waals surface area contributed by atoms with E-state index in [0.717, 1.165) is 4.90 Å². The smallest absolute Gasteiger partial charge is 0.335 e. The number of aromatic carboxylic acids is 1. The van der Waals surface area contributed by atoms with Gasteiger partial charge in [-0.1, -0.05) is 23.7 Å². The fraction of sp³-hybridized carbons (Fsp3) is 0. The molecule has 8 heteroatoms. The third-order valence-electron chi connectivity index (χ3n) is 4.27. The number of rotatable bonds is 4. The number of hydrogen-bond acceptors (Lipinski definition) is 4. The first-order valence-electron chi connectivity index (χ1n) is 8.48. The van der Waals surface area contributed by atoms with Gasteiger partial charge in [0.05, 0.1) is 11.3 Å². The molecule has 2 heterocycles. The van der Waals surface area contributed by atoms with Crippen molar-refractivity contribution in [1.29, 1.82) is 0 Å². The molecule has 0 radical (unpaired) electrons. The van der Waals surface area contributed by atoms with Gasteiger partial charge in [-0.2, -0.15) is 0 Å². The maximum Gasteiger partial charge on any atom is 0.335 e. The molecule has 1 fully saturated rings. The van der Waals surface area contributed by atoms with Gasteiger partial charge in [-0.15, -0.1) is 0 Å². The predicted molar refractivity (Wildman–Crippen MR) is 107 cm³/mol. The zero-order valence-electron chi connectivity index (χ0n) is 14.8. The molecule has 1 aromatic heterocycles. The van der Waals surface area contributed by atoms with Gasteiger partial charge in [0.2, 0.25) is 0 Å². The van der Waals surface area contributed by atoms with Crippen LogP contribution in [-0.2, 0) is 4.79 Å². The first kappa shape index (κ1) is 18.5. The van der Waals surface area contributed by atoms with E-state index in [4.69, 9.17) is 21.1 Å². The highest BCUT2D eigenvalue weighted by Gasteiger charge is 2.35. The molecule has 4 rings (SSSR count). The van der Waals surface area contributed by atoms with Crippen molar-refractivity contribution >= 4 is 41.3 Å². The van der Waals surface area contributed by atoms with E-state index >= 15 is 0 Å². The summed E-state index contributed by atoms with van der Waals surface area (Å²) in [5, 5.41) is 12.1. The standard InChI is InChI=1S/C21H13ClN2O5/c22-14-4-6-15(7-5-14)24-19(25)17(23-21(24)28)11-16-8-9-18(29-16)12-2-1-3-13(10-12)20(26)27/h1-11H,(H,23,28)(H,26,27). The topological polar surface area (TPSA) is 99.9 Å². The van der Waals surface area contributed by atoms with Crippen molar-refractivity contribution in [2.45, 2.75) is 0 Å². The molecule has 2 aromatic carbocycles. The molecule has 0 saturated carbocycles. The van der Waals surface area contributed by atoms with Crippen LogP contribution in [0.1, 0.15) is 16.1 Å². The first-order valence-corrected chi connectivity index (χ1v) is 8.86. The Labute approximate surface area is 169 Å². The SMILES string of the molecule is O=C(O)c1cccc(-c2ccc(C=C3NC(=O)N(c4ccc(Cl)cc4)C3=O)o2)c1. The maximum atomic E-state index is 12.6. The van der Waals surface area contributed by atoms with Gasteiger partial charge < -0.3 is 14.8 Å². The molecular formula is C21H13ClN2O5. The number of imide groups is 1. The normalized spacial score (nSPS) is 15.1. The van der Waals surface area contributed by atoms with Gasteiger partial charge in [-0.05, 0) is 48.5 Å². The molecule has 2 N–H and O–H groups in total. The number of carbonyl (C=O) groups is 3. The number of benzene rings is 2. The summed E-state index contributed by atoms with van der Waals surface area (Å²) in [4.78, 5) is 37.0. The maximum absolute atomic E-state index is 12.6. The van der Waals surface area contributed by atoms with Crippen molar-refractivity contribution in [2.75, 3.05) is 4.90 Å². The van der Waals surface area contributed by atoms with Crippen LogP contribution in [0.2, 0.25) is 5.02 Å². The summed E-state index contributed by atoms with van der Waals surface area (Å²) in [7, 11) is 0. The van der Waals surface area contributed by atoms with Crippen LogP contribution < -0.4 is 10.2 Å². The molecule has 29 heavy (non-hydrogen) atoms. The molecule has 3 amide bonds. The van der Waals surface area contributed by atoms with Crippen LogP contribution in [0.5, 0.6) is 0 Å². The summed E-state index contributed by atoms with van der Waals surface area (Å²) in [6.45, 7) is 0. The highest BCUT2D eigenvalue weighted by atomic mass is 35.5. The van der Waals surface area contributed by atoms with Crippen molar-refractivity contribution in [2.24, 2.45) is 0 Å². The minimum atomic E-state index is -1.04. The Hall–Kier alpha value is -3.84. The van der Waals surface area contributed by atoms with E-state index in [1.807, 2.05) is 0 Å². The average Bonchev–Trinajstić information content (AvgIpc) is 3.28. The summed E-state index contributed by atoms with van der Waals surface area (Å²) in [5.41, 5.74) is 1.17. The van der Waals surface area contributed by atoms with Crippen molar-refractivity contribution in [1.82, 2.24) is 5.32 Å². The van der Waals surface area contributed by atoms with Crippen LogP contribution in [-0.4, -0.2) is 23.0 Å². The molecular weight excluding hydrogens is 396 g/mol. The van der Waals surface area contributed by atoms with Crippen LogP contribution in [0.4, 0.5) is 10.5 Å². The van der Waals surface area contributed by atoms with Gasteiger partial charge in [0.15, 0.2) is 0 Å². The zero-order valence-corrected chi connectivity index (χ0v) is 15.5. The molecule has 144 valence electrons. The quantitative estimate of drug-likeness (QED) is 0.492. The molecule has 0 spiro atoms. The van der Waals surface area contributed by atoms with Crippen molar-refractivity contribution in [3.8, 4) is 11.3 Å². The number of nitrogens with one attached hydrogen (secondary N) is 1. The Bertz CT molecular complexity index is 1160. The summed E-state index contributed by atoms with van der Waals surface area (Å²) in [6, 6.07) is 15.3. The summed E-state index contributed by atoms with van der Waals surface area (Å²) >= 11 is 5.85. The number of carboxylic acids is 1. The molecule has 1 aliphatic heterocycles. The first-order chi connectivity index (χ1) is 13.9. The Balaban J connectivity index is 1.60. The third kappa shape index (κ3) is 3.63. The van der Waals surface area contributed by atoms with Gasteiger partial charge in [0.25, 0.3) is 5.91 Å². The Morgan fingerprint density at radius 3 is 2.55 bits per heavy atom. The number of urea groups is 1. The minimum absolute atomic E-state index is 0.0603. The zero-order chi connectivity index (χ0) is 20.5. The van der Waals surface area contributed by atoms with Crippen LogP contribution in [0.3, 0.4) is 0 Å². The van der Waals surface area contributed by atoms with E-state index in [1.54, 1.807) is 48.5 Å². The number of carbonyl (C=O) groups excluding carboxylic acids is 2. The summed E-state index contributed by atoms with van der Waals surface area (Å²) in [5.74, 6) is -0.793. The van der Waals surface area contributed by atoms with E-state index in [9.17, 15) is 14.4 Å². The number of carboxylic acid groups (broad SMARTS) is 1. The minimum Gasteiger partial charge on any atom is -0.478 e. The number of hydrogen-bond donors (Lipinski definition) is 2. The van der Waals surface area contributed by atoms with Gasteiger partial charge in [0, 0.05) is 16.7 Å². The number of amides is 3. The lowest BCUT2D eigenvalue weighted by atomic mass is 10.1. The lowest BCUT2D eigenvalue weighted by Crippen LogP contribution is -2.30. The van der Waals surface area contributed by atoms with Crippen LogP contribution in [0.25, 0.3) is 17.4 Å². The van der Waals surface area contributed by atoms with Crippen LogP contribution in [0.15, 0.2) is 70.8 Å². The van der Waals surface area contributed by atoms with E-state index in [2.05, 4.69) is 5.32 Å². The summed E-state index contributed by atoms with van der Waals surface area (Å²) in [6.07, 6.45) is 1.42. The Morgan fingerprint density at radius 1 is 1.07 bits per heavy atom. The lowest BCUT2D eigenvalue weighted by Gasteiger charge is -2.11. The fourth-order valence-electron chi connectivity index (χ4n) is 2.89. The third-order valence-corrected chi connectivity index (χ3v) is 4.52. The largest absolute Gasteiger partial charge is 0.478 e. The summed E-state index contributed by atoms with van der Waals surface area (Å²) < 4.78 is 5.70. The van der Waals surface area contributed by atoms with Gasteiger partial charge in [0.1, 0.15) is 17.2 Å². The number of halogens is 1. The number of nitrogens with zero attached hydrogens (tertiary/aromatic N) is 1.